The Morgan fingerprint density at radius 3 is 2.17 bits per heavy atom. The van der Waals surface area contributed by atoms with Gasteiger partial charge in [-0.25, -0.2) is 0 Å². The van der Waals surface area contributed by atoms with E-state index in [9.17, 15) is 4.79 Å². The Kier molecular flexibility index (Phi) is 3.71. The fraction of sp³-hybridized carbons (Fsp3) is 0.889. The molecule has 3 heteroatoms. The lowest BCUT2D eigenvalue weighted by atomic mass is 10.0. The summed E-state index contributed by atoms with van der Waals surface area (Å²) >= 11 is 0. The maximum Gasteiger partial charge on any atom is 0.323 e. The molecule has 0 aromatic rings. The van der Waals surface area contributed by atoms with Gasteiger partial charge in [-0.05, 0) is 26.8 Å². The van der Waals surface area contributed by atoms with Crippen molar-refractivity contribution < 1.29 is 9.90 Å². The molecule has 0 aliphatic carbocycles. The van der Waals surface area contributed by atoms with Crippen molar-refractivity contribution in [1.29, 1.82) is 0 Å². The van der Waals surface area contributed by atoms with Gasteiger partial charge in [-0.1, -0.05) is 13.8 Å². The number of hydrogen-bond donors (Lipinski definition) is 1. The molecule has 12 heavy (non-hydrogen) atoms. The third kappa shape index (κ3) is 2.81. The largest absolute Gasteiger partial charge is 0.480 e. The van der Waals surface area contributed by atoms with Crippen molar-refractivity contribution in [2.24, 2.45) is 5.92 Å². The summed E-state index contributed by atoms with van der Waals surface area (Å²) < 4.78 is 0. The minimum absolute atomic E-state index is 0.494. The first-order valence-corrected chi connectivity index (χ1v) is 4.23. The fourth-order valence-corrected chi connectivity index (χ4v) is 0.939. The average molecular weight is 173 g/mol. The maximum atomic E-state index is 10.8. The number of likely N-dealkylation sites (N-methyl/N-ethyl adjacent to an activating group) is 1. The van der Waals surface area contributed by atoms with Crippen molar-refractivity contribution in [3.8, 4) is 0 Å². The van der Waals surface area contributed by atoms with Crippen molar-refractivity contribution in [2.45, 2.75) is 33.2 Å². The SMILES string of the molecule is CC(C)CN(C)C(C)(C)C(=O)O. The van der Waals surface area contributed by atoms with Crippen molar-refractivity contribution in [2.75, 3.05) is 13.6 Å². The third-order valence-electron chi connectivity index (χ3n) is 2.12. The van der Waals surface area contributed by atoms with Crippen LogP contribution in [0.3, 0.4) is 0 Å². The zero-order valence-corrected chi connectivity index (χ0v) is 8.59. The van der Waals surface area contributed by atoms with E-state index in [1.54, 1.807) is 13.8 Å². The Labute approximate surface area is 74.4 Å². The minimum atomic E-state index is -0.773. The summed E-state index contributed by atoms with van der Waals surface area (Å²) in [6.07, 6.45) is 0. The van der Waals surface area contributed by atoms with E-state index in [0.717, 1.165) is 6.54 Å². The van der Waals surface area contributed by atoms with Crippen LogP contribution in [-0.2, 0) is 4.79 Å². The molecule has 0 rings (SSSR count). The number of nitrogens with zero attached hydrogens (tertiary/aromatic N) is 1. The highest BCUT2D eigenvalue weighted by Crippen LogP contribution is 2.13. The Morgan fingerprint density at radius 1 is 1.50 bits per heavy atom. The quantitative estimate of drug-likeness (QED) is 0.699. The van der Waals surface area contributed by atoms with E-state index in [4.69, 9.17) is 5.11 Å². The molecule has 72 valence electrons. The molecule has 1 N–H and O–H groups in total. The van der Waals surface area contributed by atoms with Crippen LogP contribution < -0.4 is 0 Å². The van der Waals surface area contributed by atoms with Crippen LogP contribution in [0, 0.1) is 5.92 Å². The van der Waals surface area contributed by atoms with Crippen molar-refractivity contribution in [3.63, 3.8) is 0 Å². The van der Waals surface area contributed by atoms with Gasteiger partial charge in [0.25, 0.3) is 0 Å². The fourth-order valence-electron chi connectivity index (χ4n) is 0.939. The van der Waals surface area contributed by atoms with Crippen LogP contribution in [0.2, 0.25) is 0 Å². The first-order valence-electron chi connectivity index (χ1n) is 4.23. The average Bonchev–Trinajstić information content (AvgIpc) is 1.85. The van der Waals surface area contributed by atoms with Crippen molar-refractivity contribution in [1.82, 2.24) is 4.90 Å². The van der Waals surface area contributed by atoms with Gasteiger partial charge in [-0.15, -0.1) is 0 Å². The minimum Gasteiger partial charge on any atom is -0.480 e. The number of carboxylic acids is 1. The van der Waals surface area contributed by atoms with E-state index in [2.05, 4.69) is 13.8 Å². The van der Waals surface area contributed by atoms with Crippen LogP contribution in [-0.4, -0.2) is 35.1 Å². The number of carbonyl (C=O) groups is 1. The van der Waals surface area contributed by atoms with Gasteiger partial charge in [-0.2, -0.15) is 0 Å². The smallest absolute Gasteiger partial charge is 0.323 e. The molecule has 0 spiro atoms. The summed E-state index contributed by atoms with van der Waals surface area (Å²) in [5.41, 5.74) is -0.760. The highest BCUT2D eigenvalue weighted by Gasteiger charge is 2.31. The molecule has 0 aliphatic heterocycles. The topological polar surface area (TPSA) is 40.5 Å². The van der Waals surface area contributed by atoms with Crippen LogP contribution in [0.15, 0.2) is 0 Å². The Bertz CT molecular complexity index is 164. The van der Waals surface area contributed by atoms with E-state index in [0.29, 0.717) is 5.92 Å². The number of hydrogen-bond acceptors (Lipinski definition) is 2. The van der Waals surface area contributed by atoms with E-state index in [1.807, 2.05) is 11.9 Å². The predicted octanol–water partition coefficient (Wildman–Crippen LogP) is 1.44. The molecule has 0 saturated heterocycles. The van der Waals surface area contributed by atoms with Crippen molar-refractivity contribution >= 4 is 5.97 Å². The molecule has 0 heterocycles. The molecule has 0 unspecified atom stereocenters. The van der Waals surface area contributed by atoms with Gasteiger partial charge < -0.3 is 5.11 Å². The standard InChI is InChI=1S/C9H19NO2/c1-7(2)6-10(5)9(3,4)8(11)12/h7H,6H2,1-5H3,(H,11,12). The predicted molar refractivity (Wildman–Crippen MR) is 49.2 cm³/mol. The third-order valence-corrected chi connectivity index (χ3v) is 2.12. The molecule has 0 saturated carbocycles. The zero-order chi connectivity index (χ0) is 9.94. The highest BCUT2D eigenvalue weighted by atomic mass is 16.4. The summed E-state index contributed by atoms with van der Waals surface area (Å²) in [6.45, 7) is 8.40. The molecular weight excluding hydrogens is 154 g/mol. The van der Waals surface area contributed by atoms with E-state index < -0.39 is 11.5 Å². The van der Waals surface area contributed by atoms with Gasteiger partial charge in [0.2, 0.25) is 0 Å². The highest BCUT2D eigenvalue weighted by molar-refractivity contribution is 5.77. The van der Waals surface area contributed by atoms with E-state index >= 15 is 0 Å². The lowest BCUT2D eigenvalue weighted by Gasteiger charge is -2.32. The summed E-state index contributed by atoms with van der Waals surface area (Å²) in [5.74, 6) is -0.278. The summed E-state index contributed by atoms with van der Waals surface area (Å²) in [6, 6.07) is 0. The van der Waals surface area contributed by atoms with E-state index in [-0.39, 0.29) is 0 Å². The first kappa shape index (κ1) is 11.4. The Morgan fingerprint density at radius 2 is 1.92 bits per heavy atom. The van der Waals surface area contributed by atoms with Crippen LogP contribution >= 0.6 is 0 Å². The monoisotopic (exact) mass is 173 g/mol. The normalized spacial score (nSPS) is 12.6. The lowest BCUT2D eigenvalue weighted by Crippen LogP contribution is -2.49. The summed E-state index contributed by atoms with van der Waals surface area (Å²) in [4.78, 5) is 12.7. The Balaban J connectivity index is 4.25. The summed E-state index contributed by atoms with van der Waals surface area (Å²) in [7, 11) is 1.84. The van der Waals surface area contributed by atoms with Gasteiger partial charge in [0.15, 0.2) is 0 Å². The second kappa shape index (κ2) is 3.90. The number of aliphatic carboxylic acids is 1. The molecule has 0 atom stereocenters. The van der Waals surface area contributed by atoms with Crippen LogP contribution in [0.5, 0.6) is 0 Å². The lowest BCUT2D eigenvalue weighted by molar-refractivity contribution is -0.148. The van der Waals surface area contributed by atoms with Gasteiger partial charge in [0.05, 0.1) is 0 Å². The van der Waals surface area contributed by atoms with Crippen molar-refractivity contribution in [3.05, 3.63) is 0 Å². The van der Waals surface area contributed by atoms with E-state index in [1.165, 1.54) is 0 Å². The second-order valence-electron chi connectivity index (χ2n) is 4.14. The van der Waals surface area contributed by atoms with Crippen LogP contribution in [0.4, 0.5) is 0 Å². The molecule has 0 radical (unpaired) electrons. The van der Waals surface area contributed by atoms with Gasteiger partial charge >= 0.3 is 5.97 Å². The molecular formula is C9H19NO2. The molecule has 0 bridgehead atoms. The van der Waals surface area contributed by atoms with Gasteiger partial charge in [0, 0.05) is 6.54 Å². The first-order chi connectivity index (χ1) is 5.28. The summed E-state index contributed by atoms with van der Waals surface area (Å²) in [5, 5.41) is 8.88. The van der Waals surface area contributed by atoms with Gasteiger partial charge in [-0.3, -0.25) is 9.69 Å². The second-order valence-corrected chi connectivity index (χ2v) is 4.14. The molecule has 0 fully saturated rings. The Hall–Kier alpha value is -0.570. The molecule has 0 aromatic heterocycles. The maximum absolute atomic E-state index is 10.8. The number of carboxylic acid groups (broad SMARTS) is 1. The van der Waals surface area contributed by atoms with Crippen LogP contribution in [0.25, 0.3) is 0 Å². The molecule has 0 amide bonds. The van der Waals surface area contributed by atoms with Gasteiger partial charge in [0.1, 0.15) is 5.54 Å². The molecule has 0 aliphatic rings. The molecule has 0 aromatic carbocycles. The number of rotatable bonds is 4. The zero-order valence-electron chi connectivity index (χ0n) is 8.59. The molecule has 3 nitrogen and oxygen atoms in total. The van der Waals surface area contributed by atoms with Crippen LogP contribution in [0.1, 0.15) is 27.7 Å².